The number of hydrogen-bond acceptors (Lipinski definition) is 0. The van der Waals surface area contributed by atoms with Crippen LogP contribution in [0.15, 0.2) is 30.3 Å². The van der Waals surface area contributed by atoms with E-state index in [0.717, 1.165) is 19.0 Å². The minimum Gasteiger partial charge on any atom is -0.241 e. The maximum absolute atomic E-state index is 4.38. The lowest BCUT2D eigenvalue weighted by molar-refractivity contribution is 0.532. The van der Waals surface area contributed by atoms with E-state index in [4.69, 9.17) is 0 Å². The highest BCUT2D eigenvalue weighted by atomic mass is 14.9. The molecule has 0 spiro atoms. The summed E-state index contributed by atoms with van der Waals surface area (Å²) in [6, 6.07) is 10.7. The van der Waals surface area contributed by atoms with Crippen molar-refractivity contribution in [3.05, 3.63) is 35.9 Å². The van der Waals surface area contributed by atoms with E-state index in [2.05, 4.69) is 35.6 Å². The quantitative estimate of drug-likeness (QED) is 0.667. The summed E-state index contributed by atoms with van der Waals surface area (Å²) >= 11 is 0. The fourth-order valence-electron chi connectivity index (χ4n) is 1.89. The van der Waals surface area contributed by atoms with Crippen molar-refractivity contribution in [3.63, 3.8) is 0 Å². The van der Waals surface area contributed by atoms with Gasteiger partial charge in [-0.05, 0) is 30.7 Å². The normalized spacial score (nSPS) is 22.0. The monoisotopic (exact) mass is 174 g/mol. The molecule has 13 heavy (non-hydrogen) atoms. The van der Waals surface area contributed by atoms with E-state index in [9.17, 15) is 0 Å². The fourth-order valence-corrected chi connectivity index (χ4v) is 1.89. The van der Waals surface area contributed by atoms with Crippen LogP contribution in [0.3, 0.4) is 0 Å². The molecule has 0 aliphatic carbocycles. The van der Waals surface area contributed by atoms with E-state index in [0.29, 0.717) is 0 Å². The van der Waals surface area contributed by atoms with Crippen LogP contribution in [0.4, 0.5) is 0 Å². The average molecular weight is 174 g/mol. The summed E-state index contributed by atoms with van der Waals surface area (Å²) in [6.45, 7) is 2.20. The molecule has 69 valence electrons. The Balaban J connectivity index is 1.79. The van der Waals surface area contributed by atoms with Crippen LogP contribution in [-0.4, -0.2) is 13.1 Å². The van der Waals surface area contributed by atoms with Gasteiger partial charge in [0.25, 0.3) is 0 Å². The van der Waals surface area contributed by atoms with Gasteiger partial charge in [-0.15, -0.1) is 0 Å². The highest BCUT2D eigenvalue weighted by molar-refractivity contribution is 5.14. The van der Waals surface area contributed by atoms with Gasteiger partial charge < -0.3 is 0 Å². The van der Waals surface area contributed by atoms with Gasteiger partial charge >= 0.3 is 0 Å². The number of aryl methyl sites for hydroxylation is 1. The predicted octanol–water partition coefficient (Wildman–Crippen LogP) is 2.24. The Labute approximate surface area is 80.2 Å². The van der Waals surface area contributed by atoms with Gasteiger partial charge in [-0.3, -0.25) is 0 Å². The van der Waals surface area contributed by atoms with Crippen LogP contribution < -0.4 is 5.32 Å². The molecule has 0 N–H and O–H groups in total. The molecular formula is C12H16N. The van der Waals surface area contributed by atoms with Crippen LogP contribution in [0.2, 0.25) is 0 Å². The summed E-state index contributed by atoms with van der Waals surface area (Å²) in [5, 5.41) is 4.38. The Kier molecular flexibility index (Phi) is 2.98. The van der Waals surface area contributed by atoms with Crippen LogP contribution in [0.1, 0.15) is 18.4 Å². The number of nitrogens with zero attached hydrogens (tertiary/aromatic N) is 1. The molecule has 1 aliphatic heterocycles. The van der Waals surface area contributed by atoms with Crippen molar-refractivity contribution in [1.29, 1.82) is 0 Å². The first-order chi connectivity index (χ1) is 6.45. The van der Waals surface area contributed by atoms with Gasteiger partial charge in [0.2, 0.25) is 0 Å². The second kappa shape index (κ2) is 4.43. The van der Waals surface area contributed by atoms with Gasteiger partial charge in [-0.2, -0.15) is 0 Å². The molecule has 1 aliphatic rings. The highest BCUT2D eigenvalue weighted by Gasteiger charge is 2.14. The third-order valence-corrected chi connectivity index (χ3v) is 2.77. The van der Waals surface area contributed by atoms with Crippen molar-refractivity contribution < 1.29 is 0 Å². The van der Waals surface area contributed by atoms with Gasteiger partial charge in [-0.1, -0.05) is 30.3 Å². The molecule has 1 fully saturated rings. The minimum atomic E-state index is 0.861. The molecule has 0 aromatic heterocycles. The lowest BCUT2D eigenvalue weighted by atomic mass is 9.99. The van der Waals surface area contributed by atoms with E-state index in [1.165, 1.54) is 24.8 Å². The number of rotatable bonds is 3. The topological polar surface area (TPSA) is 14.1 Å². The molecule has 1 saturated heterocycles. The molecule has 1 atom stereocenters. The third kappa shape index (κ3) is 2.56. The second-order valence-corrected chi connectivity index (χ2v) is 3.81. The van der Waals surface area contributed by atoms with E-state index >= 15 is 0 Å². The molecular weight excluding hydrogens is 158 g/mol. The average Bonchev–Trinajstić information content (AvgIpc) is 2.69. The standard InChI is InChI=1S/C12H16N/c1-2-4-11(5-3-1)6-7-12-8-9-13-10-12/h1-5,12H,6-10H2. The van der Waals surface area contributed by atoms with Crippen LogP contribution in [0.5, 0.6) is 0 Å². The van der Waals surface area contributed by atoms with Crippen molar-refractivity contribution in [2.24, 2.45) is 5.92 Å². The zero-order chi connectivity index (χ0) is 8.93. The van der Waals surface area contributed by atoms with Gasteiger partial charge in [0.05, 0.1) is 0 Å². The largest absolute Gasteiger partial charge is 0.241 e. The molecule has 1 radical (unpaired) electrons. The van der Waals surface area contributed by atoms with Crippen molar-refractivity contribution in [1.82, 2.24) is 5.32 Å². The molecule has 1 nitrogen and oxygen atoms in total. The van der Waals surface area contributed by atoms with Gasteiger partial charge in [0.1, 0.15) is 0 Å². The molecule has 0 bridgehead atoms. The maximum Gasteiger partial charge on any atom is 0.0162 e. The van der Waals surface area contributed by atoms with Gasteiger partial charge in [0.15, 0.2) is 0 Å². The van der Waals surface area contributed by atoms with Crippen LogP contribution >= 0.6 is 0 Å². The summed E-state index contributed by atoms with van der Waals surface area (Å²) in [7, 11) is 0. The lowest BCUT2D eigenvalue weighted by Gasteiger charge is -2.06. The first-order valence-electron chi connectivity index (χ1n) is 5.12. The smallest absolute Gasteiger partial charge is 0.0162 e. The molecule has 0 saturated carbocycles. The summed E-state index contributed by atoms with van der Waals surface area (Å²) < 4.78 is 0. The zero-order valence-electron chi connectivity index (χ0n) is 7.95. The van der Waals surface area contributed by atoms with Crippen molar-refractivity contribution in [2.75, 3.05) is 13.1 Å². The number of benzene rings is 1. The number of hydrogen-bond donors (Lipinski definition) is 0. The minimum absolute atomic E-state index is 0.861. The van der Waals surface area contributed by atoms with E-state index in [-0.39, 0.29) is 0 Å². The molecule has 1 aromatic rings. The Morgan fingerprint density at radius 1 is 1.23 bits per heavy atom. The first-order valence-corrected chi connectivity index (χ1v) is 5.12. The van der Waals surface area contributed by atoms with Crippen LogP contribution in [0.25, 0.3) is 0 Å². The Morgan fingerprint density at radius 2 is 2.08 bits per heavy atom. The molecule has 1 heteroatoms. The Bertz CT molecular complexity index is 237. The molecule has 1 aromatic carbocycles. The lowest BCUT2D eigenvalue weighted by Crippen LogP contribution is -2.03. The van der Waals surface area contributed by atoms with Crippen molar-refractivity contribution >= 4 is 0 Å². The highest BCUT2D eigenvalue weighted by Crippen LogP contribution is 2.16. The van der Waals surface area contributed by atoms with Crippen LogP contribution in [0, 0.1) is 5.92 Å². The molecule has 2 rings (SSSR count). The molecule has 0 amide bonds. The Morgan fingerprint density at radius 3 is 2.77 bits per heavy atom. The predicted molar refractivity (Wildman–Crippen MR) is 54.7 cm³/mol. The van der Waals surface area contributed by atoms with Gasteiger partial charge in [-0.25, -0.2) is 5.32 Å². The maximum atomic E-state index is 4.38. The van der Waals surface area contributed by atoms with Crippen molar-refractivity contribution in [2.45, 2.75) is 19.3 Å². The van der Waals surface area contributed by atoms with E-state index in [1.54, 1.807) is 0 Å². The third-order valence-electron chi connectivity index (χ3n) is 2.77. The fraction of sp³-hybridized carbons (Fsp3) is 0.500. The molecule has 1 heterocycles. The van der Waals surface area contributed by atoms with Gasteiger partial charge in [0, 0.05) is 13.1 Å². The molecule has 1 unspecified atom stereocenters. The van der Waals surface area contributed by atoms with E-state index < -0.39 is 0 Å². The SMILES string of the molecule is c1ccc(CCC2CC[N]C2)cc1. The summed E-state index contributed by atoms with van der Waals surface area (Å²) in [6.07, 6.45) is 3.85. The summed E-state index contributed by atoms with van der Waals surface area (Å²) in [5.41, 5.74) is 1.47. The summed E-state index contributed by atoms with van der Waals surface area (Å²) in [5.74, 6) is 0.861. The van der Waals surface area contributed by atoms with Crippen molar-refractivity contribution in [3.8, 4) is 0 Å². The summed E-state index contributed by atoms with van der Waals surface area (Å²) in [4.78, 5) is 0. The second-order valence-electron chi connectivity index (χ2n) is 3.81. The van der Waals surface area contributed by atoms with Crippen LogP contribution in [-0.2, 0) is 6.42 Å². The zero-order valence-corrected chi connectivity index (χ0v) is 7.95. The van der Waals surface area contributed by atoms with E-state index in [1.807, 2.05) is 0 Å². The first kappa shape index (κ1) is 8.76. The Hall–Kier alpha value is -0.820.